The van der Waals surface area contributed by atoms with Crippen molar-refractivity contribution in [2.24, 2.45) is 7.05 Å². The fourth-order valence-corrected chi connectivity index (χ4v) is 3.65. The Bertz CT molecular complexity index is 669. The van der Waals surface area contributed by atoms with Crippen LogP contribution in [0.3, 0.4) is 0 Å². The molecule has 6 nitrogen and oxygen atoms in total. The zero-order chi connectivity index (χ0) is 15.0. The van der Waals surface area contributed by atoms with Gasteiger partial charge in [0.1, 0.15) is 10.9 Å². The summed E-state index contributed by atoms with van der Waals surface area (Å²) in [5.74, 6) is -0.266. The van der Waals surface area contributed by atoms with E-state index in [1.165, 1.54) is 11.3 Å². The number of carbonyl (C=O) groups is 2. The van der Waals surface area contributed by atoms with Gasteiger partial charge in [-0.1, -0.05) is 0 Å². The molecule has 7 heteroatoms. The minimum atomic E-state index is -0.426. The summed E-state index contributed by atoms with van der Waals surface area (Å²) in [6.07, 6.45) is 2.61. The van der Waals surface area contributed by atoms with Gasteiger partial charge in [0.25, 0.3) is 5.91 Å². The van der Waals surface area contributed by atoms with Crippen LogP contribution in [-0.4, -0.2) is 34.2 Å². The quantitative estimate of drug-likeness (QED) is 0.879. The third-order valence-corrected chi connectivity index (χ3v) is 4.96. The maximum Gasteiger partial charge on any atom is 0.262 e. The Morgan fingerprint density at radius 2 is 2.33 bits per heavy atom. The van der Waals surface area contributed by atoms with E-state index in [4.69, 9.17) is 0 Å². The number of nitrogens with one attached hydrogen (secondary N) is 2. The molecule has 0 spiro atoms. The molecule has 1 atom stereocenters. The topological polar surface area (TPSA) is 76.0 Å². The molecule has 0 unspecified atom stereocenters. The highest BCUT2D eigenvalue weighted by Crippen LogP contribution is 2.27. The fourth-order valence-electron chi connectivity index (χ4n) is 2.62. The van der Waals surface area contributed by atoms with Crippen molar-refractivity contribution in [1.82, 2.24) is 20.4 Å². The zero-order valence-electron chi connectivity index (χ0n) is 12.1. The molecule has 1 aliphatic heterocycles. The van der Waals surface area contributed by atoms with Gasteiger partial charge in [0.05, 0.1) is 10.6 Å². The highest BCUT2D eigenvalue weighted by atomic mass is 32.1. The van der Waals surface area contributed by atoms with Crippen LogP contribution in [0.4, 0.5) is 0 Å². The lowest BCUT2D eigenvalue weighted by molar-refractivity contribution is -0.122. The van der Waals surface area contributed by atoms with E-state index in [2.05, 4.69) is 15.7 Å². The molecule has 1 fully saturated rings. The third kappa shape index (κ3) is 2.65. The van der Waals surface area contributed by atoms with E-state index in [-0.39, 0.29) is 11.8 Å². The van der Waals surface area contributed by atoms with Gasteiger partial charge in [0.15, 0.2) is 0 Å². The first-order valence-corrected chi connectivity index (χ1v) is 7.89. The first-order chi connectivity index (χ1) is 10.1. The Labute approximate surface area is 126 Å². The van der Waals surface area contributed by atoms with Crippen molar-refractivity contribution in [3.8, 4) is 0 Å². The van der Waals surface area contributed by atoms with Gasteiger partial charge in [-0.25, -0.2) is 0 Å². The highest BCUT2D eigenvalue weighted by molar-refractivity contribution is 7.20. The number of fused-ring (bicyclic) bond motifs is 1. The molecule has 1 saturated heterocycles. The van der Waals surface area contributed by atoms with Crippen molar-refractivity contribution in [1.29, 1.82) is 0 Å². The monoisotopic (exact) mass is 306 g/mol. The largest absolute Gasteiger partial charge is 0.354 e. The first-order valence-electron chi connectivity index (χ1n) is 7.08. The molecule has 0 bridgehead atoms. The second-order valence-electron chi connectivity index (χ2n) is 5.35. The third-order valence-electron chi connectivity index (χ3n) is 3.76. The summed E-state index contributed by atoms with van der Waals surface area (Å²) >= 11 is 1.40. The SMILES string of the molecule is Cc1nn(C)c2sc(C(=O)N[C@@H]3CCCCNC3=O)cc12. The number of nitrogens with zero attached hydrogens (tertiary/aromatic N) is 2. The van der Waals surface area contributed by atoms with Crippen LogP contribution in [0, 0.1) is 6.92 Å². The van der Waals surface area contributed by atoms with Crippen LogP contribution in [0.5, 0.6) is 0 Å². The van der Waals surface area contributed by atoms with Crippen molar-refractivity contribution in [3.63, 3.8) is 0 Å². The molecule has 0 radical (unpaired) electrons. The lowest BCUT2D eigenvalue weighted by atomic mass is 10.1. The van der Waals surface area contributed by atoms with Crippen LogP contribution in [0.15, 0.2) is 6.07 Å². The molecule has 3 rings (SSSR count). The van der Waals surface area contributed by atoms with Gasteiger partial charge < -0.3 is 10.6 Å². The number of thiophene rings is 1. The van der Waals surface area contributed by atoms with Gasteiger partial charge in [-0.2, -0.15) is 5.10 Å². The molecule has 0 aliphatic carbocycles. The number of aryl methyl sites for hydroxylation is 2. The Balaban J connectivity index is 1.80. The standard InChI is InChI=1S/C14H18N4O2S/c1-8-9-7-11(21-14(9)18(2)17-8)13(20)16-10-5-3-4-6-15-12(10)19/h7,10H,3-6H2,1-2H3,(H,15,19)(H,16,20)/t10-/m1/s1. The highest BCUT2D eigenvalue weighted by Gasteiger charge is 2.24. The lowest BCUT2D eigenvalue weighted by Crippen LogP contribution is -2.45. The van der Waals surface area contributed by atoms with Crippen LogP contribution in [0.25, 0.3) is 10.2 Å². The molecule has 112 valence electrons. The zero-order valence-corrected chi connectivity index (χ0v) is 12.9. The number of carbonyl (C=O) groups excluding carboxylic acids is 2. The Morgan fingerprint density at radius 1 is 1.52 bits per heavy atom. The number of rotatable bonds is 2. The van der Waals surface area contributed by atoms with Gasteiger partial charge in [-0.3, -0.25) is 14.3 Å². The van der Waals surface area contributed by atoms with E-state index < -0.39 is 6.04 Å². The predicted octanol–water partition coefficient (Wildman–Crippen LogP) is 1.34. The molecule has 2 aromatic rings. The molecule has 2 amide bonds. The summed E-state index contributed by atoms with van der Waals surface area (Å²) in [4.78, 5) is 25.8. The van der Waals surface area contributed by atoms with E-state index in [0.29, 0.717) is 17.8 Å². The smallest absolute Gasteiger partial charge is 0.262 e. The molecular weight excluding hydrogens is 288 g/mol. The van der Waals surface area contributed by atoms with E-state index in [0.717, 1.165) is 28.8 Å². The van der Waals surface area contributed by atoms with Crippen molar-refractivity contribution in [2.45, 2.75) is 32.2 Å². The second-order valence-corrected chi connectivity index (χ2v) is 6.38. The van der Waals surface area contributed by atoms with Crippen LogP contribution in [0.2, 0.25) is 0 Å². The molecule has 3 heterocycles. The second kappa shape index (κ2) is 5.48. The van der Waals surface area contributed by atoms with Gasteiger partial charge in [0, 0.05) is 19.0 Å². The van der Waals surface area contributed by atoms with E-state index in [9.17, 15) is 9.59 Å². The van der Waals surface area contributed by atoms with Gasteiger partial charge in [-0.15, -0.1) is 11.3 Å². The van der Waals surface area contributed by atoms with Gasteiger partial charge >= 0.3 is 0 Å². The number of hydrogen-bond acceptors (Lipinski definition) is 4. The van der Waals surface area contributed by atoms with Crippen LogP contribution in [-0.2, 0) is 11.8 Å². The van der Waals surface area contributed by atoms with Crippen molar-refractivity contribution in [3.05, 3.63) is 16.6 Å². The maximum absolute atomic E-state index is 12.4. The predicted molar refractivity (Wildman–Crippen MR) is 81.4 cm³/mol. The molecule has 0 saturated carbocycles. The summed E-state index contributed by atoms with van der Waals surface area (Å²) in [7, 11) is 1.87. The molecular formula is C14H18N4O2S. The Hall–Kier alpha value is -1.89. The number of hydrogen-bond donors (Lipinski definition) is 2. The summed E-state index contributed by atoms with van der Waals surface area (Å²) in [5.41, 5.74) is 0.912. The van der Waals surface area contributed by atoms with E-state index in [1.54, 1.807) is 4.68 Å². The van der Waals surface area contributed by atoms with Crippen LogP contribution >= 0.6 is 11.3 Å². The van der Waals surface area contributed by atoms with Gasteiger partial charge in [-0.05, 0) is 32.3 Å². The van der Waals surface area contributed by atoms with Gasteiger partial charge in [0.2, 0.25) is 5.91 Å². The summed E-state index contributed by atoms with van der Waals surface area (Å²) < 4.78 is 1.78. The maximum atomic E-state index is 12.4. The molecule has 2 aromatic heterocycles. The summed E-state index contributed by atoms with van der Waals surface area (Å²) in [6, 6.07) is 1.43. The Kier molecular flexibility index (Phi) is 3.67. The minimum Gasteiger partial charge on any atom is -0.354 e. The number of aromatic nitrogens is 2. The van der Waals surface area contributed by atoms with Crippen LogP contribution < -0.4 is 10.6 Å². The lowest BCUT2D eigenvalue weighted by Gasteiger charge is -2.14. The average Bonchev–Trinajstić information content (AvgIpc) is 2.92. The summed E-state index contributed by atoms with van der Waals surface area (Å²) in [6.45, 7) is 2.62. The van der Waals surface area contributed by atoms with Crippen LogP contribution in [0.1, 0.15) is 34.6 Å². The van der Waals surface area contributed by atoms with E-state index in [1.807, 2.05) is 20.0 Å². The fraction of sp³-hybridized carbons (Fsp3) is 0.500. The average molecular weight is 306 g/mol. The molecule has 2 N–H and O–H groups in total. The first kappa shape index (κ1) is 14.1. The van der Waals surface area contributed by atoms with E-state index >= 15 is 0 Å². The molecule has 0 aromatic carbocycles. The minimum absolute atomic E-state index is 0.0835. The number of amides is 2. The van der Waals surface area contributed by atoms with Crippen molar-refractivity contribution >= 4 is 33.4 Å². The molecule has 21 heavy (non-hydrogen) atoms. The van der Waals surface area contributed by atoms with Crippen molar-refractivity contribution < 1.29 is 9.59 Å². The normalized spacial score (nSPS) is 19.3. The van der Waals surface area contributed by atoms with Crippen molar-refractivity contribution in [2.75, 3.05) is 6.54 Å². The molecule has 1 aliphatic rings. The Morgan fingerprint density at radius 3 is 3.10 bits per heavy atom. The summed E-state index contributed by atoms with van der Waals surface area (Å²) in [5, 5.41) is 11.0.